The van der Waals surface area contributed by atoms with Crippen molar-refractivity contribution in [2.45, 2.75) is 38.1 Å². The molecule has 8 nitrogen and oxygen atoms in total. The van der Waals surface area contributed by atoms with Crippen LogP contribution < -0.4 is 31.2 Å². The first kappa shape index (κ1) is 23.0. The number of H-pyrrole nitrogens is 1. The molecule has 2 aromatic rings. The fourth-order valence-electron chi connectivity index (χ4n) is 2.92. The van der Waals surface area contributed by atoms with E-state index in [0.717, 1.165) is 11.9 Å². The number of hydrazine groups is 1. The molecule has 0 radical (unpaired) electrons. The summed E-state index contributed by atoms with van der Waals surface area (Å²) in [7, 11) is 0. The molecular weight excluding hydrogens is 449 g/mol. The molecule has 1 fully saturated rings. The Morgan fingerprint density at radius 3 is 2.71 bits per heavy atom. The number of nitrogens with zero attached hydrogens (tertiary/aromatic N) is 4. The van der Waals surface area contributed by atoms with Gasteiger partial charge < -0.3 is 10.5 Å². The van der Waals surface area contributed by atoms with Crippen molar-refractivity contribution in [3.05, 3.63) is 29.0 Å². The second-order valence-corrected chi connectivity index (χ2v) is 7.42. The Morgan fingerprint density at radius 1 is 1.42 bits per heavy atom. The van der Waals surface area contributed by atoms with Crippen LogP contribution in [-0.4, -0.2) is 41.3 Å². The summed E-state index contributed by atoms with van der Waals surface area (Å²) in [5.41, 5.74) is 6.31. The van der Waals surface area contributed by atoms with Crippen molar-refractivity contribution in [2.75, 3.05) is 28.7 Å². The van der Waals surface area contributed by atoms with Crippen LogP contribution in [0.15, 0.2) is 18.3 Å². The Kier molecular flexibility index (Phi) is 6.28. The number of rotatable bonds is 6. The van der Waals surface area contributed by atoms with Crippen LogP contribution in [0.5, 0.6) is 6.01 Å². The monoisotopic (exact) mass is 468 g/mol. The van der Waals surface area contributed by atoms with Gasteiger partial charge in [-0.15, -0.1) is 0 Å². The molecule has 0 unspecified atom stereocenters. The molecule has 0 spiro atoms. The number of nitrogen functional groups attached to an aromatic ring is 1. The summed E-state index contributed by atoms with van der Waals surface area (Å²) in [6, 6.07) is 2.60. The molecular formula is C17H20ClF5N7O+. The average Bonchev–Trinajstić information content (AvgIpc) is 3.03. The van der Waals surface area contributed by atoms with Crippen LogP contribution in [0.3, 0.4) is 0 Å². The molecule has 14 heteroatoms. The maximum absolute atomic E-state index is 13.7. The van der Waals surface area contributed by atoms with Gasteiger partial charge in [0.2, 0.25) is 0 Å². The number of nitrogens with two attached hydrogens (primary N) is 2. The van der Waals surface area contributed by atoms with Crippen LogP contribution in [-0.2, 0) is 6.54 Å². The Bertz CT molecular complexity index is 946. The molecule has 31 heavy (non-hydrogen) atoms. The standard InChI is InChI=1S/C17H19ClF5N7O/c1-9(17(21,22)23)31-15-27-13(29-6-4-16(19,20)8-29)12(24)14(28-15)30(25)7-11-10(18)3-2-5-26-11/h2-3,5,9H,4,6-8,24-25H2,1H3/p+1/t9-/m0/s1. The molecule has 0 amide bonds. The van der Waals surface area contributed by atoms with Gasteiger partial charge in [-0.05, 0) is 24.0 Å². The number of aromatic amines is 1. The maximum Gasteiger partial charge on any atom is 0.434 e. The average molecular weight is 469 g/mol. The van der Waals surface area contributed by atoms with E-state index in [9.17, 15) is 22.0 Å². The Balaban J connectivity index is 1.99. The van der Waals surface area contributed by atoms with Gasteiger partial charge in [-0.2, -0.15) is 13.2 Å². The SMILES string of the molecule is C[C@H](Oc1nc(N(N)Cc2ncccc2Cl)c(N)c(N2CCC(F)(F)C2)[nH+]1)C(F)(F)F. The van der Waals surface area contributed by atoms with Crippen molar-refractivity contribution < 1.29 is 31.7 Å². The van der Waals surface area contributed by atoms with Crippen molar-refractivity contribution in [1.29, 1.82) is 0 Å². The molecule has 2 aromatic heterocycles. The second-order valence-electron chi connectivity index (χ2n) is 7.02. The fourth-order valence-corrected chi connectivity index (χ4v) is 3.10. The van der Waals surface area contributed by atoms with E-state index in [1.807, 2.05) is 0 Å². The zero-order chi connectivity index (χ0) is 23.0. The van der Waals surface area contributed by atoms with E-state index in [2.05, 4.69) is 15.0 Å². The fraction of sp³-hybridized carbons (Fsp3) is 0.471. The van der Waals surface area contributed by atoms with E-state index in [4.69, 9.17) is 27.9 Å². The van der Waals surface area contributed by atoms with Crippen LogP contribution in [0.25, 0.3) is 0 Å². The van der Waals surface area contributed by atoms with E-state index in [-0.39, 0.29) is 30.4 Å². The molecule has 1 aliphatic rings. The van der Waals surface area contributed by atoms with Crippen LogP contribution in [0, 0.1) is 0 Å². The van der Waals surface area contributed by atoms with Crippen molar-refractivity contribution in [1.82, 2.24) is 9.97 Å². The molecule has 1 atom stereocenters. The first-order valence-electron chi connectivity index (χ1n) is 9.08. The number of hydrogen-bond acceptors (Lipinski definition) is 7. The minimum atomic E-state index is -4.68. The Morgan fingerprint density at radius 2 is 2.13 bits per heavy atom. The van der Waals surface area contributed by atoms with E-state index < -0.39 is 37.2 Å². The highest BCUT2D eigenvalue weighted by Crippen LogP contribution is 2.35. The van der Waals surface area contributed by atoms with E-state index in [1.54, 1.807) is 12.1 Å². The van der Waals surface area contributed by atoms with E-state index in [1.165, 1.54) is 11.1 Å². The van der Waals surface area contributed by atoms with Gasteiger partial charge in [-0.25, -0.2) is 19.6 Å². The summed E-state index contributed by atoms with van der Waals surface area (Å²) in [6.07, 6.45) is -5.87. The van der Waals surface area contributed by atoms with Crippen molar-refractivity contribution >= 4 is 28.9 Å². The number of pyridine rings is 1. The van der Waals surface area contributed by atoms with Crippen LogP contribution in [0.4, 0.5) is 39.3 Å². The largest absolute Gasteiger partial charge is 0.434 e. The number of anilines is 3. The second kappa shape index (κ2) is 8.46. The van der Waals surface area contributed by atoms with Crippen LogP contribution >= 0.6 is 11.6 Å². The van der Waals surface area contributed by atoms with Crippen LogP contribution in [0.1, 0.15) is 19.0 Å². The maximum atomic E-state index is 13.7. The topological polar surface area (TPSA) is 108 Å². The minimum Gasteiger partial charge on any atom is -0.428 e. The van der Waals surface area contributed by atoms with Gasteiger partial charge in [0.1, 0.15) is 6.54 Å². The number of hydrogen-bond donors (Lipinski definition) is 2. The van der Waals surface area contributed by atoms with Gasteiger partial charge >= 0.3 is 12.2 Å². The molecule has 0 saturated carbocycles. The van der Waals surface area contributed by atoms with Gasteiger partial charge in [0.05, 0.1) is 23.8 Å². The highest BCUT2D eigenvalue weighted by Gasteiger charge is 2.44. The van der Waals surface area contributed by atoms with E-state index >= 15 is 0 Å². The van der Waals surface area contributed by atoms with Crippen molar-refractivity contribution in [3.8, 4) is 6.01 Å². The molecule has 0 bridgehead atoms. The highest BCUT2D eigenvalue weighted by atomic mass is 35.5. The third-order valence-electron chi connectivity index (χ3n) is 4.59. The normalized spacial score (nSPS) is 17.0. The summed E-state index contributed by atoms with van der Waals surface area (Å²) in [5, 5.41) is 1.29. The Labute approximate surface area is 178 Å². The smallest absolute Gasteiger partial charge is 0.428 e. The quantitative estimate of drug-likeness (QED) is 0.381. The molecule has 0 aliphatic carbocycles. The number of alkyl halides is 5. The summed E-state index contributed by atoms with van der Waals surface area (Å²) >= 11 is 6.07. The molecule has 1 saturated heterocycles. The van der Waals surface area contributed by atoms with Crippen molar-refractivity contribution in [2.24, 2.45) is 5.84 Å². The number of halogens is 6. The molecule has 5 N–H and O–H groups in total. The number of nitrogens with one attached hydrogen (secondary N) is 1. The van der Waals surface area contributed by atoms with E-state index in [0.29, 0.717) is 10.7 Å². The third-order valence-corrected chi connectivity index (χ3v) is 4.94. The van der Waals surface area contributed by atoms with Gasteiger partial charge in [0, 0.05) is 12.6 Å². The van der Waals surface area contributed by atoms with Crippen molar-refractivity contribution in [3.63, 3.8) is 0 Å². The molecule has 3 rings (SSSR count). The minimum absolute atomic E-state index is 0.0749. The van der Waals surface area contributed by atoms with Gasteiger partial charge in [0.15, 0.2) is 11.8 Å². The van der Waals surface area contributed by atoms with Gasteiger partial charge in [0.25, 0.3) is 17.6 Å². The third kappa shape index (κ3) is 5.34. The molecule has 3 heterocycles. The summed E-state index contributed by atoms with van der Waals surface area (Å²) < 4.78 is 71.2. The summed E-state index contributed by atoms with van der Waals surface area (Å²) in [6.45, 7) is -0.0853. The lowest BCUT2D eigenvalue weighted by molar-refractivity contribution is -0.393. The molecule has 1 aliphatic heterocycles. The predicted octanol–water partition coefficient (Wildman–Crippen LogP) is 2.58. The lowest BCUT2D eigenvalue weighted by Gasteiger charge is -2.21. The molecule has 0 aromatic carbocycles. The summed E-state index contributed by atoms with van der Waals surface area (Å²) in [4.78, 5) is 11.7. The lowest BCUT2D eigenvalue weighted by atomic mass is 10.3. The highest BCUT2D eigenvalue weighted by molar-refractivity contribution is 6.31. The first-order chi connectivity index (χ1) is 14.4. The van der Waals surface area contributed by atoms with Crippen LogP contribution in [0.2, 0.25) is 5.02 Å². The van der Waals surface area contributed by atoms with Gasteiger partial charge in [-0.3, -0.25) is 14.9 Å². The Hall–Kier alpha value is -2.67. The first-order valence-corrected chi connectivity index (χ1v) is 9.46. The number of ether oxygens (including phenoxy) is 1. The summed E-state index contributed by atoms with van der Waals surface area (Å²) in [5.74, 6) is 2.80. The predicted molar refractivity (Wildman–Crippen MR) is 103 cm³/mol. The lowest BCUT2D eigenvalue weighted by Crippen LogP contribution is -2.38. The zero-order valence-corrected chi connectivity index (χ0v) is 17.0. The number of aromatic nitrogens is 3. The molecule has 170 valence electrons. The van der Waals surface area contributed by atoms with Gasteiger partial charge in [-0.1, -0.05) is 11.6 Å². The zero-order valence-electron chi connectivity index (χ0n) is 16.3.